The van der Waals surface area contributed by atoms with Crippen LogP contribution >= 0.6 is 0 Å². The first-order chi connectivity index (χ1) is 18.0. The Morgan fingerprint density at radius 2 is 1.21 bits per heavy atom. The fraction of sp³-hybridized carbons (Fsp3) is 0.969. The molecule has 38 heavy (non-hydrogen) atoms. The summed E-state index contributed by atoms with van der Waals surface area (Å²) >= 11 is 0. The van der Waals surface area contributed by atoms with E-state index in [-0.39, 0.29) is 23.7 Å². The van der Waals surface area contributed by atoms with Gasteiger partial charge in [-0.2, -0.15) is 10.1 Å². The molecule has 1 fully saturated rings. The summed E-state index contributed by atoms with van der Waals surface area (Å²) in [4.78, 5) is 18.3. The quantitative estimate of drug-likeness (QED) is 0.0995. The largest absolute Gasteiger partial charge is 0.481 e. The van der Waals surface area contributed by atoms with Gasteiger partial charge in [-0.25, -0.2) is 0 Å². The molecular weight excluding hydrogens is 476 g/mol. The lowest BCUT2D eigenvalue weighted by Gasteiger charge is -2.55. The van der Waals surface area contributed by atoms with E-state index >= 15 is 0 Å². The summed E-state index contributed by atoms with van der Waals surface area (Å²) in [5.74, 6) is -1.32. The second-order valence-electron chi connectivity index (χ2n) is 13.2. The molecule has 6 nitrogen and oxygen atoms in total. The van der Waals surface area contributed by atoms with Gasteiger partial charge in [0.05, 0.1) is 12.5 Å². The van der Waals surface area contributed by atoms with E-state index in [0.717, 1.165) is 38.7 Å². The molecule has 1 atom stereocenters. The van der Waals surface area contributed by atoms with E-state index < -0.39 is 11.9 Å². The molecule has 0 amide bonds. The van der Waals surface area contributed by atoms with E-state index in [9.17, 15) is 15.1 Å². The predicted molar refractivity (Wildman–Crippen MR) is 158 cm³/mol. The summed E-state index contributed by atoms with van der Waals surface area (Å²) in [6, 6.07) is -0.0801. The molecule has 1 heterocycles. The molecule has 2 N–H and O–H groups in total. The zero-order valence-electron chi connectivity index (χ0n) is 26.1. The van der Waals surface area contributed by atoms with Crippen LogP contribution in [0.15, 0.2) is 0 Å². The lowest BCUT2D eigenvalue weighted by Crippen LogP contribution is -2.64. The maximum Gasteiger partial charge on any atom is 0.307 e. The first kappa shape index (κ1) is 35.3. The van der Waals surface area contributed by atoms with Crippen molar-refractivity contribution in [2.45, 2.75) is 181 Å². The molecule has 0 aromatic heterocycles. The fourth-order valence-electron chi connectivity index (χ4n) is 6.35. The molecule has 1 aliphatic heterocycles. The summed E-state index contributed by atoms with van der Waals surface area (Å²) in [5.41, 5.74) is -0.490. The number of hydrogen-bond donors (Lipinski definition) is 2. The SMILES string of the molecule is CCCCCCCCCCCCC(CN(O)C1CC(C)(C)N(OCCCCCCCC)C(C)(C)C1)C(=O)O. The van der Waals surface area contributed by atoms with Crippen LogP contribution in [0.3, 0.4) is 0 Å². The summed E-state index contributed by atoms with van der Waals surface area (Å²) in [5, 5.41) is 24.4. The van der Waals surface area contributed by atoms with E-state index in [4.69, 9.17) is 4.84 Å². The number of unbranched alkanes of at least 4 members (excludes halogenated alkanes) is 14. The highest BCUT2D eigenvalue weighted by Crippen LogP contribution is 2.40. The Bertz CT molecular complexity index is 592. The second-order valence-corrected chi connectivity index (χ2v) is 13.2. The van der Waals surface area contributed by atoms with Crippen LogP contribution in [0.4, 0.5) is 0 Å². The van der Waals surface area contributed by atoms with Crippen molar-refractivity contribution in [1.29, 1.82) is 0 Å². The van der Waals surface area contributed by atoms with Crippen LogP contribution in [-0.2, 0) is 9.63 Å². The van der Waals surface area contributed by atoms with E-state index in [1.54, 1.807) is 0 Å². The number of hydroxylamine groups is 4. The minimum Gasteiger partial charge on any atom is -0.481 e. The molecule has 226 valence electrons. The highest BCUT2D eigenvalue weighted by molar-refractivity contribution is 5.70. The number of carbonyl (C=O) groups is 1. The van der Waals surface area contributed by atoms with Gasteiger partial charge in [0.15, 0.2) is 0 Å². The molecule has 0 spiro atoms. The summed E-state index contributed by atoms with van der Waals surface area (Å²) in [6.45, 7) is 14.1. The van der Waals surface area contributed by atoms with Gasteiger partial charge in [-0.3, -0.25) is 9.63 Å². The first-order valence-electron chi connectivity index (χ1n) is 16.2. The van der Waals surface area contributed by atoms with Gasteiger partial charge in [0.2, 0.25) is 0 Å². The lowest BCUT2D eigenvalue weighted by molar-refractivity contribution is -0.300. The molecule has 1 unspecified atom stereocenters. The third-order valence-corrected chi connectivity index (χ3v) is 8.37. The highest BCUT2D eigenvalue weighted by atomic mass is 16.7. The maximum atomic E-state index is 12.0. The first-order valence-corrected chi connectivity index (χ1v) is 16.2. The molecule has 0 radical (unpaired) electrons. The zero-order valence-corrected chi connectivity index (χ0v) is 26.1. The molecule has 6 heteroatoms. The van der Waals surface area contributed by atoms with E-state index in [1.165, 1.54) is 88.5 Å². The molecule has 0 bridgehead atoms. The van der Waals surface area contributed by atoms with Gasteiger partial charge in [-0.05, 0) is 53.4 Å². The van der Waals surface area contributed by atoms with Gasteiger partial charge in [-0.1, -0.05) is 110 Å². The Balaban J connectivity index is 2.44. The van der Waals surface area contributed by atoms with Crippen LogP contribution in [0, 0.1) is 5.92 Å². The number of aliphatic carboxylic acids is 1. The Morgan fingerprint density at radius 3 is 1.66 bits per heavy atom. The third-order valence-electron chi connectivity index (χ3n) is 8.37. The second kappa shape index (κ2) is 19.4. The molecule has 0 aromatic carbocycles. The monoisotopic (exact) mass is 540 g/mol. The normalized spacial score (nSPS) is 18.7. The molecular formula is C32H64N2O4. The number of carboxylic acid groups (broad SMARTS) is 1. The van der Waals surface area contributed by atoms with E-state index in [2.05, 4.69) is 46.6 Å². The zero-order chi connectivity index (χ0) is 28.4. The van der Waals surface area contributed by atoms with Gasteiger partial charge < -0.3 is 10.3 Å². The van der Waals surface area contributed by atoms with Gasteiger partial charge in [-0.15, -0.1) is 0 Å². The van der Waals surface area contributed by atoms with Crippen LogP contribution in [0.2, 0.25) is 0 Å². The summed E-state index contributed by atoms with van der Waals surface area (Å²) < 4.78 is 0. The Morgan fingerprint density at radius 1 is 0.789 bits per heavy atom. The molecule has 0 saturated carbocycles. The highest BCUT2D eigenvalue weighted by Gasteiger charge is 2.48. The van der Waals surface area contributed by atoms with Crippen LogP contribution in [-0.4, -0.2) is 56.7 Å². The Labute approximate surface area is 235 Å². The number of rotatable bonds is 23. The van der Waals surface area contributed by atoms with Crippen LogP contribution in [0.5, 0.6) is 0 Å². The summed E-state index contributed by atoms with van der Waals surface area (Å²) in [6.07, 6.45) is 22.0. The molecule has 0 aliphatic carbocycles. The average Bonchev–Trinajstić information content (AvgIpc) is 2.84. The number of nitrogens with zero attached hydrogens (tertiary/aromatic N) is 2. The molecule has 1 aliphatic rings. The Hall–Kier alpha value is -0.690. The van der Waals surface area contributed by atoms with Gasteiger partial charge >= 0.3 is 5.97 Å². The van der Waals surface area contributed by atoms with E-state index in [1.807, 2.05) is 0 Å². The number of piperidine rings is 1. The van der Waals surface area contributed by atoms with Crippen LogP contribution in [0.25, 0.3) is 0 Å². The Kier molecular flexibility index (Phi) is 18.0. The van der Waals surface area contributed by atoms with Gasteiger partial charge in [0.25, 0.3) is 0 Å². The minimum absolute atomic E-state index is 0.0801. The summed E-state index contributed by atoms with van der Waals surface area (Å²) in [7, 11) is 0. The molecule has 1 saturated heterocycles. The maximum absolute atomic E-state index is 12.0. The number of carboxylic acids is 1. The smallest absolute Gasteiger partial charge is 0.307 e. The van der Waals surface area contributed by atoms with Crippen molar-refractivity contribution >= 4 is 5.97 Å². The number of hydrogen-bond acceptors (Lipinski definition) is 5. The minimum atomic E-state index is -0.793. The van der Waals surface area contributed by atoms with Crippen molar-refractivity contribution in [3.8, 4) is 0 Å². The lowest BCUT2D eigenvalue weighted by atomic mass is 9.78. The van der Waals surface area contributed by atoms with Crippen molar-refractivity contribution in [2.75, 3.05) is 13.2 Å². The molecule has 0 aromatic rings. The van der Waals surface area contributed by atoms with E-state index in [0.29, 0.717) is 6.42 Å². The molecule has 1 rings (SSSR count). The third kappa shape index (κ3) is 14.1. The predicted octanol–water partition coefficient (Wildman–Crippen LogP) is 9.00. The topological polar surface area (TPSA) is 73.2 Å². The van der Waals surface area contributed by atoms with Crippen molar-refractivity contribution in [3.05, 3.63) is 0 Å². The van der Waals surface area contributed by atoms with Crippen molar-refractivity contribution in [1.82, 2.24) is 10.1 Å². The fourth-order valence-corrected chi connectivity index (χ4v) is 6.35. The van der Waals surface area contributed by atoms with Crippen LogP contribution in [0.1, 0.15) is 164 Å². The average molecular weight is 541 g/mol. The van der Waals surface area contributed by atoms with Gasteiger partial charge in [0.1, 0.15) is 0 Å². The van der Waals surface area contributed by atoms with Crippen molar-refractivity contribution in [3.63, 3.8) is 0 Å². The van der Waals surface area contributed by atoms with Gasteiger partial charge in [0, 0.05) is 23.7 Å². The van der Waals surface area contributed by atoms with Crippen LogP contribution < -0.4 is 0 Å². The van der Waals surface area contributed by atoms with Crippen molar-refractivity contribution < 1.29 is 19.9 Å². The van der Waals surface area contributed by atoms with Crippen molar-refractivity contribution in [2.24, 2.45) is 5.92 Å². The standard InChI is InChI=1S/C32H64N2O4/c1-7-9-11-13-15-16-17-18-19-21-23-28(30(35)36)27-33(37)29-25-31(3,4)34(32(5,6)26-29)38-24-22-20-14-12-10-8-2/h28-29,37H,7-27H2,1-6H3,(H,35,36).